The quantitative estimate of drug-likeness (QED) is 0.806. The van der Waals surface area contributed by atoms with E-state index in [1.165, 1.54) is 0 Å². The monoisotopic (exact) mass is 277 g/mol. The van der Waals surface area contributed by atoms with Gasteiger partial charge in [-0.2, -0.15) is 0 Å². The first-order chi connectivity index (χ1) is 9.63. The number of nitrogen functional groups attached to an aromatic ring is 1. The highest BCUT2D eigenvalue weighted by Gasteiger charge is 2.33. The zero-order valence-corrected chi connectivity index (χ0v) is 11.4. The van der Waals surface area contributed by atoms with E-state index in [0.717, 1.165) is 25.9 Å². The summed E-state index contributed by atoms with van der Waals surface area (Å²) in [7, 11) is 0. The van der Waals surface area contributed by atoms with Crippen LogP contribution in [0.15, 0.2) is 18.2 Å². The lowest BCUT2D eigenvalue weighted by atomic mass is 9.85. The number of amides is 1. The molecule has 1 amide bonds. The van der Waals surface area contributed by atoms with E-state index in [1.807, 2.05) is 0 Å². The maximum atomic E-state index is 13.9. The molecule has 108 valence electrons. The number of carbonyl (C=O) groups excluding carboxylic acids is 1. The smallest absolute Gasteiger partial charge is 0.220 e. The third kappa shape index (κ3) is 2.63. The number of nitrogens with two attached hydrogens (primary N) is 1. The Bertz CT molecular complexity index is 520. The van der Waals surface area contributed by atoms with Gasteiger partial charge < -0.3 is 11.1 Å². The summed E-state index contributed by atoms with van der Waals surface area (Å²) in [6.45, 7) is 2.39. The van der Waals surface area contributed by atoms with Crippen LogP contribution in [0.25, 0.3) is 0 Å². The summed E-state index contributed by atoms with van der Waals surface area (Å²) < 4.78 is 13.9. The Morgan fingerprint density at radius 3 is 3.10 bits per heavy atom. The van der Waals surface area contributed by atoms with E-state index in [4.69, 9.17) is 5.73 Å². The molecule has 0 aliphatic carbocycles. The van der Waals surface area contributed by atoms with Crippen LogP contribution in [0.2, 0.25) is 0 Å². The lowest BCUT2D eigenvalue weighted by Crippen LogP contribution is -2.53. The second-order valence-electron chi connectivity index (χ2n) is 5.82. The molecule has 2 saturated heterocycles. The van der Waals surface area contributed by atoms with Crippen molar-refractivity contribution in [1.82, 2.24) is 10.2 Å². The molecule has 2 atom stereocenters. The molecule has 0 saturated carbocycles. The van der Waals surface area contributed by atoms with E-state index in [9.17, 15) is 9.18 Å². The number of nitrogens with one attached hydrogen (secondary N) is 1. The molecule has 0 spiro atoms. The maximum Gasteiger partial charge on any atom is 0.220 e. The van der Waals surface area contributed by atoms with Crippen LogP contribution >= 0.6 is 0 Å². The van der Waals surface area contributed by atoms with Crippen LogP contribution < -0.4 is 11.1 Å². The molecule has 2 fully saturated rings. The van der Waals surface area contributed by atoms with Gasteiger partial charge in [0.05, 0.1) is 5.69 Å². The number of benzene rings is 1. The zero-order chi connectivity index (χ0) is 14.1. The predicted octanol–water partition coefficient (Wildman–Crippen LogP) is 1.51. The Morgan fingerprint density at radius 2 is 2.25 bits per heavy atom. The second kappa shape index (κ2) is 5.40. The van der Waals surface area contributed by atoms with Crippen LogP contribution in [0.1, 0.15) is 24.8 Å². The minimum absolute atomic E-state index is 0.168. The number of halogens is 1. The van der Waals surface area contributed by atoms with Gasteiger partial charge in [0.1, 0.15) is 0 Å². The van der Waals surface area contributed by atoms with Crippen LogP contribution in [-0.2, 0) is 11.3 Å². The Morgan fingerprint density at radius 1 is 1.40 bits per heavy atom. The topological polar surface area (TPSA) is 58.4 Å². The van der Waals surface area contributed by atoms with Gasteiger partial charge >= 0.3 is 0 Å². The van der Waals surface area contributed by atoms with Gasteiger partial charge in [0, 0.05) is 37.7 Å². The average Bonchev–Trinajstić information content (AvgIpc) is 2.44. The van der Waals surface area contributed by atoms with Crippen LogP contribution in [0.4, 0.5) is 10.1 Å². The summed E-state index contributed by atoms with van der Waals surface area (Å²) >= 11 is 0. The molecule has 5 heteroatoms. The zero-order valence-electron chi connectivity index (χ0n) is 11.4. The highest BCUT2D eigenvalue weighted by Crippen LogP contribution is 2.27. The summed E-state index contributed by atoms with van der Waals surface area (Å²) in [5, 5.41) is 3.06. The highest BCUT2D eigenvalue weighted by molar-refractivity contribution is 5.77. The number of carbonyl (C=O) groups is 1. The molecule has 1 aromatic rings. The molecule has 2 heterocycles. The molecule has 2 aliphatic rings. The molecule has 0 bridgehead atoms. The van der Waals surface area contributed by atoms with Crippen molar-refractivity contribution in [3.8, 4) is 0 Å². The molecule has 0 aromatic heterocycles. The molecule has 2 unspecified atom stereocenters. The lowest BCUT2D eigenvalue weighted by Gasteiger charge is -2.41. The van der Waals surface area contributed by atoms with Crippen LogP contribution in [-0.4, -0.2) is 29.9 Å². The largest absolute Gasteiger partial charge is 0.396 e. The SMILES string of the molecule is Nc1cccc(CN2CCC3NC(=O)CCC3C2)c1F. The number of fused-ring (bicyclic) bond motifs is 1. The van der Waals surface area contributed by atoms with Gasteiger partial charge in [-0.05, 0) is 24.8 Å². The van der Waals surface area contributed by atoms with E-state index < -0.39 is 0 Å². The van der Waals surface area contributed by atoms with E-state index >= 15 is 0 Å². The van der Waals surface area contributed by atoms with Crippen molar-refractivity contribution in [2.45, 2.75) is 31.8 Å². The van der Waals surface area contributed by atoms with Gasteiger partial charge in [0.15, 0.2) is 5.82 Å². The Hall–Kier alpha value is -1.62. The fraction of sp³-hybridized carbons (Fsp3) is 0.533. The summed E-state index contributed by atoms with van der Waals surface area (Å²) in [6.07, 6.45) is 2.49. The number of hydrogen-bond acceptors (Lipinski definition) is 3. The van der Waals surface area contributed by atoms with Gasteiger partial charge in [-0.1, -0.05) is 12.1 Å². The summed E-state index contributed by atoms with van der Waals surface area (Å²) in [5.74, 6) is 0.360. The molecule has 2 aliphatic heterocycles. The number of rotatable bonds is 2. The fourth-order valence-corrected chi connectivity index (χ4v) is 3.29. The van der Waals surface area contributed by atoms with Crippen molar-refractivity contribution in [3.05, 3.63) is 29.6 Å². The minimum Gasteiger partial charge on any atom is -0.396 e. The Balaban J connectivity index is 1.65. The summed E-state index contributed by atoms with van der Waals surface area (Å²) in [4.78, 5) is 13.6. The molecule has 3 rings (SSSR count). The van der Waals surface area contributed by atoms with Gasteiger partial charge in [0.25, 0.3) is 0 Å². The average molecular weight is 277 g/mol. The second-order valence-corrected chi connectivity index (χ2v) is 5.82. The minimum atomic E-state index is -0.299. The third-order valence-corrected chi connectivity index (χ3v) is 4.41. The van der Waals surface area contributed by atoms with E-state index in [-0.39, 0.29) is 17.4 Å². The Labute approximate surface area is 118 Å². The lowest BCUT2D eigenvalue weighted by molar-refractivity contribution is -0.125. The first kappa shape index (κ1) is 13.4. The van der Waals surface area contributed by atoms with Gasteiger partial charge in [-0.3, -0.25) is 9.69 Å². The number of likely N-dealkylation sites (tertiary alicyclic amines) is 1. The Kier molecular flexibility index (Phi) is 3.61. The highest BCUT2D eigenvalue weighted by atomic mass is 19.1. The van der Waals surface area contributed by atoms with Crippen molar-refractivity contribution < 1.29 is 9.18 Å². The number of anilines is 1. The first-order valence-electron chi connectivity index (χ1n) is 7.18. The van der Waals surface area contributed by atoms with Crippen molar-refractivity contribution in [1.29, 1.82) is 0 Å². The number of piperidine rings is 2. The van der Waals surface area contributed by atoms with Crippen LogP contribution in [0.3, 0.4) is 0 Å². The molecule has 0 radical (unpaired) electrons. The summed E-state index contributed by atoms with van der Waals surface area (Å²) in [5.41, 5.74) is 6.47. The third-order valence-electron chi connectivity index (χ3n) is 4.41. The van der Waals surface area contributed by atoms with E-state index in [2.05, 4.69) is 10.2 Å². The van der Waals surface area contributed by atoms with Crippen molar-refractivity contribution in [2.75, 3.05) is 18.8 Å². The van der Waals surface area contributed by atoms with Crippen LogP contribution in [0, 0.1) is 11.7 Å². The molecule has 4 nitrogen and oxygen atoms in total. The molecule has 1 aromatic carbocycles. The normalized spacial score (nSPS) is 26.9. The van der Waals surface area contributed by atoms with Crippen molar-refractivity contribution in [3.63, 3.8) is 0 Å². The molecular formula is C15H20FN3O. The van der Waals surface area contributed by atoms with Gasteiger partial charge in [-0.15, -0.1) is 0 Å². The van der Waals surface area contributed by atoms with Gasteiger partial charge in [-0.25, -0.2) is 4.39 Å². The van der Waals surface area contributed by atoms with Gasteiger partial charge in [0.2, 0.25) is 5.91 Å². The number of hydrogen-bond donors (Lipinski definition) is 2. The molecular weight excluding hydrogens is 257 g/mol. The fourth-order valence-electron chi connectivity index (χ4n) is 3.29. The standard InChI is InChI=1S/C15H20FN3O/c16-15-11(2-1-3-12(15)17)9-19-7-6-13-10(8-19)4-5-14(20)18-13/h1-3,10,13H,4-9,17H2,(H,18,20). The van der Waals surface area contributed by atoms with E-state index in [0.29, 0.717) is 30.5 Å². The molecule has 3 N–H and O–H groups in total. The molecule has 20 heavy (non-hydrogen) atoms. The number of nitrogens with zero attached hydrogens (tertiary/aromatic N) is 1. The van der Waals surface area contributed by atoms with Crippen molar-refractivity contribution in [2.24, 2.45) is 5.92 Å². The van der Waals surface area contributed by atoms with Crippen LogP contribution in [0.5, 0.6) is 0 Å². The predicted molar refractivity (Wildman–Crippen MR) is 75.4 cm³/mol. The summed E-state index contributed by atoms with van der Waals surface area (Å²) in [6, 6.07) is 5.47. The maximum absolute atomic E-state index is 13.9. The first-order valence-corrected chi connectivity index (χ1v) is 7.18. The van der Waals surface area contributed by atoms with E-state index in [1.54, 1.807) is 18.2 Å². The van der Waals surface area contributed by atoms with Crippen molar-refractivity contribution >= 4 is 11.6 Å².